The highest BCUT2D eigenvalue weighted by molar-refractivity contribution is 5.72. The first-order chi connectivity index (χ1) is 10.1. The smallest absolute Gasteiger partial charge is 0.306 e. The van der Waals surface area contributed by atoms with Gasteiger partial charge in [-0.1, -0.05) is 19.9 Å². The van der Waals surface area contributed by atoms with E-state index in [0.717, 1.165) is 29.9 Å². The van der Waals surface area contributed by atoms with Crippen LogP contribution in [0.1, 0.15) is 52.0 Å². The fraction of sp³-hybridized carbons (Fsp3) is 0.588. The zero-order valence-corrected chi connectivity index (χ0v) is 13.1. The van der Waals surface area contributed by atoms with E-state index >= 15 is 0 Å². The van der Waals surface area contributed by atoms with Gasteiger partial charge in [-0.15, -0.1) is 0 Å². The molecule has 1 aliphatic rings. The molecule has 4 nitrogen and oxygen atoms in total. The molecule has 116 valence electrons. The van der Waals surface area contributed by atoms with Crippen LogP contribution in [0.4, 0.5) is 0 Å². The van der Waals surface area contributed by atoms with Gasteiger partial charge >= 0.3 is 5.97 Å². The molecule has 1 atom stereocenters. The Balaban J connectivity index is 2.25. The normalized spacial score (nSPS) is 21.2. The molecule has 0 aromatic heterocycles. The van der Waals surface area contributed by atoms with E-state index in [1.54, 1.807) is 0 Å². The molecule has 1 aromatic rings. The van der Waals surface area contributed by atoms with Gasteiger partial charge in [0, 0.05) is 12.8 Å². The zero-order chi connectivity index (χ0) is 15.3. The summed E-state index contributed by atoms with van der Waals surface area (Å²) in [7, 11) is 0. The number of rotatable bonds is 7. The predicted molar refractivity (Wildman–Crippen MR) is 80.7 cm³/mol. The van der Waals surface area contributed by atoms with Crippen LogP contribution in [0.3, 0.4) is 0 Å². The van der Waals surface area contributed by atoms with Crippen LogP contribution in [0.5, 0.6) is 11.5 Å². The van der Waals surface area contributed by atoms with Crippen molar-refractivity contribution in [2.24, 2.45) is 0 Å². The van der Waals surface area contributed by atoms with E-state index < -0.39 is 5.60 Å². The highest BCUT2D eigenvalue weighted by atomic mass is 16.6. The minimum Gasteiger partial charge on any atom is -0.490 e. The Kier molecular flexibility index (Phi) is 5.10. The molecule has 1 fully saturated rings. The molecule has 0 N–H and O–H groups in total. The quantitative estimate of drug-likeness (QED) is 0.717. The number of hydrogen-bond donors (Lipinski definition) is 0. The van der Waals surface area contributed by atoms with Crippen molar-refractivity contribution in [2.45, 2.75) is 52.1 Å². The summed E-state index contributed by atoms with van der Waals surface area (Å²) in [5.41, 5.74) is 0.410. The first-order valence-electron chi connectivity index (χ1n) is 7.71. The van der Waals surface area contributed by atoms with Crippen LogP contribution in [0.25, 0.3) is 0 Å². The largest absolute Gasteiger partial charge is 0.490 e. The Morgan fingerprint density at radius 1 is 1.14 bits per heavy atom. The summed E-state index contributed by atoms with van der Waals surface area (Å²) in [4.78, 5) is 11.4. The lowest BCUT2D eigenvalue weighted by Gasteiger charge is -2.24. The summed E-state index contributed by atoms with van der Waals surface area (Å²) in [5.74, 6) is 1.34. The second kappa shape index (κ2) is 6.83. The fourth-order valence-corrected chi connectivity index (χ4v) is 2.39. The van der Waals surface area contributed by atoms with Crippen molar-refractivity contribution in [2.75, 3.05) is 13.2 Å². The summed E-state index contributed by atoms with van der Waals surface area (Å²) < 4.78 is 17.0. The first kappa shape index (κ1) is 15.7. The van der Waals surface area contributed by atoms with Crippen LogP contribution < -0.4 is 9.47 Å². The summed E-state index contributed by atoms with van der Waals surface area (Å²) >= 11 is 0. The molecule has 0 aliphatic carbocycles. The summed E-state index contributed by atoms with van der Waals surface area (Å²) in [6.07, 6.45) is 3.05. The molecule has 1 heterocycles. The molecule has 4 heteroatoms. The second-order valence-electron chi connectivity index (χ2n) is 5.56. The summed E-state index contributed by atoms with van der Waals surface area (Å²) in [6.45, 7) is 7.39. The maximum Gasteiger partial charge on any atom is 0.306 e. The zero-order valence-electron chi connectivity index (χ0n) is 13.1. The Hall–Kier alpha value is -1.71. The monoisotopic (exact) mass is 292 g/mol. The van der Waals surface area contributed by atoms with E-state index in [4.69, 9.17) is 14.2 Å². The summed E-state index contributed by atoms with van der Waals surface area (Å²) in [6, 6.07) is 5.81. The van der Waals surface area contributed by atoms with Crippen molar-refractivity contribution in [3.63, 3.8) is 0 Å². The number of carbonyl (C=O) groups excluding carboxylic acids is 1. The molecule has 21 heavy (non-hydrogen) atoms. The standard InChI is InChI=1S/C17H24O4/c1-4-10-19-14-7-6-13(12-15(14)20-11-5-2)17(3)9-8-16(18)21-17/h6-7,12H,4-5,8-11H2,1-3H3. The van der Waals surface area contributed by atoms with Gasteiger partial charge in [-0.05, 0) is 37.5 Å². The Morgan fingerprint density at radius 2 is 1.81 bits per heavy atom. The molecular weight excluding hydrogens is 268 g/mol. The second-order valence-corrected chi connectivity index (χ2v) is 5.56. The SMILES string of the molecule is CCCOc1ccc(C2(C)CCC(=O)O2)cc1OCCC. The van der Waals surface area contributed by atoms with Gasteiger partial charge in [0.15, 0.2) is 11.5 Å². The van der Waals surface area contributed by atoms with E-state index in [-0.39, 0.29) is 5.97 Å². The fourth-order valence-electron chi connectivity index (χ4n) is 2.39. The van der Waals surface area contributed by atoms with Crippen LogP contribution in [0.15, 0.2) is 18.2 Å². The maximum atomic E-state index is 11.4. The van der Waals surface area contributed by atoms with E-state index in [1.807, 2.05) is 25.1 Å². The molecule has 2 rings (SSSR count). The highest BCUT2D eigenvalue weighted by Gasteiger charge is 2.37. The Bertz CT molecular complexity index is 498. The lowest BCUT2D eigenvalue weighted by atomic mass is 9.92. The van der Waals surface area contributed by atoms with Crippen molar-refractivity contribution in [3.8, 4) is 11.5 Å². The molecule has 0 bridgehead atoms. The Morgan fingerprint density at radius 3 is 2.38 bits per heavy atom. The maximum absolute atomic E-state index is 11.4. The number of esters is 1. The van der Waals surface area contributed by atoms with E-state index in [0.29, 0.717) is 26.1 Å². The number of hydrogen-bond acceptors (Lipinski definition) is 4. The third-order valence-electron chi connectivity index (χ3n) is 3.62. The molecule has 1 aliphatic heterocycles. The van der Waals surface area contributed by atoms with Crippen molar-refractivity contribution < 1.29 is 19.0 Å². The van der Waals surface area contributed by atoms with Crippen molar-refractivity contribution in [3.05, 3.63) is 23.8 Å². The van der Waals surface area contributed by atoms with Crippen molar-refractivity contribution >= 4 is 5.97 Å². The van der Waals surface area contributed by atoms with E-state index in [2.05, 4.69) is 13.8 Å². The van der Waals surface area contributed by atoms with Gasteiger partial charge in [0.25, 0.3) is 0 Å². The van der Waals surface area contributed by atoms with Gasteiger partial charge in [0.2, 0.25) is 0 Å². The third-order valence-corrected chi connectivity index (χ3v) is 3.62. The average molecular weight is 292 g/mol. The topological polar surface area (TPSA) is 44.8 Å². The molecule has 1 saturated heterocycles. The van der Waals surface area contributed by atoms with Gasteiger partial charge < -0.3 is 14.2 Å². The van der Waals surface area contributed by atoms with Gasteiger partial charge in [-0.2, -0.15) is 0 Å². The van der Waals surface area contributed by atoms with Gasteiger partial charge in [-0.3, -0.25) is 4.79 Å². The van der Waals surface area contributed by atoms with Crippen LogP contribution in [-0.2, 0) is 15.1 Å². The molecule has 1 aromatic carbocycles. The minimum atomic E-state index is -0.551. The third kappa shape index (κ3) is 3.69. The predicted octanol–water partition coefficient (Wildman–Crippen LogP) is 3.82. The molecular formula is C17H24O4. The molecule has 0 saturated carbocycles. The van der Waals surface area contributed by atoms with Crippen LogP contribution >= 0.6 is 0 Å². The number of carbonyl (C=O) groups is 1. The van der Waals surface area contributed by atoms with E-state index in [1.165, 1.54) is 0 Å². The van der Waals surface area contributed by atoms with Gasteiger partial charge in [0.1, 0.15) is 5.60 Å². The minimum absolute atomic E-state index is 0.139. The molecule has 0 spiro atoms. The lowest BCUT2D eigenvalue weighted by Crippen LogP contribution is -2.21. The van der Waals surface area contributed by atoms with Crippen LogP contribution in [0.2, 0.25) is 0 Å². The first-order valence-corrected chi connectivity index (χ1v) is 7.71. The Labute approximate surface area is 126 Å². The average Bonchev–Trinajstić information content (AvgIpc) is 2.84. The van der Waals surface area contributed by atoms with Crippen LogP contribution in [0, 0.1) is 0 Å². The highest BCUT2D eigenvalue weighted by Crippen LogP contribution is 2.40. The number of benzene rings is 1. The van der Waals surface area contributed by atoms with Crippen molar-refractivity contribution in [1.29, 1.82) is 0 Å². The lowest BCUT2D eigenvalue weighted by molar-refractivity contribution is -0.147. The molecule has 1 unspecified atom stereocenters. The van der Waals surface area contributed by atoms with Crippen LogP contribution in [-0.4, -0.2) is 19.2 Å². The summed E-state index contributed by atoms with van der Waals surface area (Å²) in [5, 5.41) is 0. The molecule has 0 radical (unpaired) electrons. The van der Waals surface area contributed by atoms with Crippen molar-refractivity contribution in [1.82, 2.24) is 0 Å². The van der Waals surface area contributed by atoms with Gasteiger partial charge in [-0.25, -0.2) is 0 Å². The molecule has 0 amide bonds. The van der Waals surface area contributed by atoms with Gasteiger partial charge in [0.05, 0.1) is 13.2 Å². The number of cyclic esters (lactones) is 1. The van der Waals surface area contributed by atoms with E-state index in [9.17, 15) is 4.79 Å². The number of ether oxygens (including phenoxy) is 3.